The van der Waals surface area contributed by atoms with E-state index in [2.05, 4.69) is 72.8 Å². The summed E-state index contributed by atoms with van der Waals surface area (Å²) in [5.74, 6) is 1.92. The van der Waals surface area contributed by atoms with Gasteiger partial charge in [-0.25, -0.2) is 0 Å². The van der Waals surface area contributed by atoms with Gasteiger partial charge in [0.15, 0.2) is 0 Å². The molecule has 0 bridgehead atoms. The third-order valence-corrected chi connectivity index (χ3v) is 7.98. The van der Waals surface area contributed by atoms with Crippen LogP contribution in [0, 0.1) is 0 Å². The van der Waals surface area contributed by atoms with Crippen LogP contribution in [-0.4, -0.2) is 26.7 Å². The van der Waals surface area contributed by atoms with Crippen LogP contribution in [-0.2, 0) is 14.2 Å². The first-order valence-corrected chi connectivity index (χ1v) is 10.3. The zero-order chi connectivity index (χ0) is 18.2. The highest BCUT2D eigenvalue weighted by Gasteiger charge is 2.26. The summed E-state index contributed by atoms with van der Waals surface area (Å²) in [4.78, 5) is 0. The van der Waals surface area contributed by atoms with E-state index in [9.17, 15) is 0 Å². The van der Waals surface area contributed by atoms with E-state index in [0.29, 0.717) is 0 Å². The van der Waals surface area contributed by atoms with Crippen molar-refractivity contribution >= 4 is 28.8 Å². The third kappa shape index (κ3) is 3.82. The highest BCUT2D eigenvalue weighted by molar-refractivity contribution is 7.94. The molecule has 3 aromatic carbocycles. The standard InChI is InChI=1S/C22H23O3P/c1-23-22(24-2)25-18-26(19-12-6-3-7-13-19,20-14-8-4-9-15-20)21-16-10-5-11-17-21/h3-18,22H,1-2H3. The number of rotatable bonds is 7. The van der Waals surface area contributed by atoms with E-state index >= 15 is 0 Å². The molecule has 0 saturated carbocycles. The van der Waals surface area contributed by atoms with Crippen molar-refractivity contribution in [3.8, 4) is 0 Å². The van der Waals surface area contributed by atoms with Gasteiger partial charge in [-0.1, -0.05) is 91.0 Å². The van der Waals surface area contributed by atoms with Crippen LogP contribution in [0.5, 0.6) is 0 Å². The fourth-order valence-corrected chi connectivity index (χ4v) is 6.44. The summed E-state index contributed by atoms with van der Waals surface area (Å²) < 4.78 is 16.4. The zero-order valence-electron chi connectivity index (χ0n) is 15.0. The monoisotopic (exact) mass is 366 g/mol. The Bertz CT molecular complexity index is 741. The Morgan fingerprint density at radius 2 is 0.962 bits per heavy atom. The van der Waals surface area contributed by atoms with E-state index in [-0.39, 0.29) is 0 Å². The van der Waals surface area contributed by atoms with Gasteiger partial charge in [-0.2, -0.15) is 0 Å². The van der Waals surface area contributed by atoms with Crippen LogP contribution in [0.15, 0.2) is 91.0 Å². The molecule has 0 fully saturated rings. The molecule has 0 aliphatic rings. The lowest BCUT2D eigenvalue weighted by Gasteiger charge is -2.28. The molecule has 0 radical (unpaired) electrons. The van der Waals surface area contributed by atoms with Crippen LogP contribution in [0.3, 0.4) is 0 Å². The van der Waals surface area contributed by atoms with Crippen molar-refractivity contribution < 1.29 is 14.2 Å². The molecule has 0 N–H and O–H groups in total. The van der Waals surface area contributed by atoms with Crippen molar-refractivity contribution in [2.45, 2.75) is 6.48 Å². The maximum Gasteiger partial charge on any atom is 0.275 e. The summed E-state index contributed by atoms with van der Waals surface area (Å²) in [5, 5.41) is 3.63. The quantitative estimate of drug-likeness (QED) is 0.474. The Balaban J connectivity index is 2.30. The molecule has 0 saturated heterocycles. The largest absolute Gasteiger partial charge is 0.333 e. The fourth-order valence-electron chi connectivity index (χ4n) is 2.97. The molecule has 0 atom stereocenters. The van der Waals surface area contributed by atoms with E-state index in [1.54, 1.807) is 14.2 Å². The predicted octanol–water partition coefficient (Wildman–Crippen LogP) is 3.33. The molecule has 0 aliphatic carbocycles. The van der Waals surface area contributed by atoms with Gasteiger partial charge in [0.1, 0.15) is 0 Å². The lowest BCUT2D eigenvalue weighted by Crippen LogP contribution is -2.29. The van der Waals surface area contributed by atoms with Gasteiger partial charge in [0.2, 0.25) is 0 Å². The lowest BCUT2D eigenvalue weighted by atomic mass is 10.4. The molecule has 0 amide bonds. The van der Waals surface area contributed by atoms with E-state index < -0.39 is 13.4 Å². The van der Waals surface area contributed by atoms with E-state index in [0.717, 1.165) is 0 Å². The topological polar surface area (TPSA) is 27.7 Å². The zero-order valence-corrected chi connectivity index (χ0v) is 15.9. The molecule has 3 rings (SSSR count). The second kappa shape index (κ2) is 8.98. The minimum absolute atomic E-state index is 0.745. The molecule has 0 aliphatic heterocycles. The molecule has 3 nitrogen and oxygen atoms in total. The number of hydrogen-bond donors (Lipinski definition) is 0. The van der Waals surface area contributed by atoms with Crippen LogP contribution in [0.2, 0.25) is 0 Å². The normalized spacial score (nSPS) is 11.5. The molecular formula is C22H23O3P. The molecule has 0 aromatic heterocycles. The van der Waals surface area contributed by atoms with Crippen LogP contribution in [0.1, 0.15) is 0 Å². The number of ether oxygens (including phenoxy) is 3. The van der Waals surface area contributed by atoms with E-state index in [4.69, 9.17) is 14.2 Å². The van der Waals surface area contributed by atoms with Gasteiger partial charge in [-0.3, -0.25) is 4.74 Å². The highest BCUT2D eigenvalue weighted by atomic mass is 31.2. The van der Waals surface area contributed by atoms with Crippen molar-refractivity contribution in [1.29, 1.82) is 0 Å². The second-order valence-corrected chi connectivity index (χ2v) is 8.94. The summed E-state index contributed by atoms with van der Waals surface area (Å²) in [6, 6.07) is 31.4. The van der Waals surface area contributed by atoms with E-state index in [1.165, 1.54) is 15.9 Å². The van der Waals surface area contributed by atoms with Gasteiger partial charge in [0.25, 0.3) is 6.48 Å². The van der Waals surface area contributed by atoms with Crippen molar-refractivity contribution in [2.75, 3.05) is 14.2 Å². The Morgan fingerprint density at radius 1 is 0.615 bits per heavy atom. The maximum absolute atomic E-state index is 5.95. The van der Waals surface area contributed by atoms with Gasteiger partial charge >= 0.3 is 0 Å². The van der Waals surface area contributed by atoms with Crippen LogP contribution < -0.4 is 15.9 Å². The summed E-state index contributed by atoms with van der Waals surface area (Å²) in [6.07, 6.45) is 0. The van der Waals surface area contributed by atoms with Gasteiger partial charge < -0.3 is 9.47 Å². The molecule has 134 valence electrons. The first kappa shape index (κ1) is 18.6. The van der Waals surface area contributed by atoms with Crippen molar-refractivity contribution in [2.24, 2.45) is 0 Å². The van der Waals surface area contributed by atoms with Gasteiger partial charge in [0, 0.05) is 21.1 Å². The lowest BCUT2D eigenvalue weighted by molar-refractivity contribution is -0.222. The molecule has 4 heteroatoms. The Kier molecular flexibility index (Phi) is 6.43. The molecule has 0 heterocycles. The third-order valence-electron chi connectivity index (χ3n) is 4.21. The molecule has 0 unspecified atom stereocenters. The number of hydrogen-bond acceptors (Lipinski definition) is 3. The highest BCUT2D eigenvalue weighted by Crippen LogP contribution is 2.43. The molecular weight excluding hydrogens is 343 g/mol. The maximum atomic E-state index is 5.95. The minimum atomic E-state index is -2.14. The second-order valence-electron chi connectivity index (χ2n) is 5.73. The van der Waals surface area contributed by atoms with E-state index in [1.807, 2.05) is 24.2 Å². The summed E-state index contributed by atoms with van der Waals surface area (Å²) in [5.41, 5.74) is 0. The smallest absolute Gasteiger partial charge is 0.275 e. The number of methoxy groups -OCH3 is 2. The first-order valence-electron chi connectivity index (χ1n) is 8.42. The van der Waals surface area contributed by atoms with Crippen molar-refractivity contribution in [3.05, 3.63) is 91.0 Å². The van der Waals surface area contributed by atoms with Gasteiger partial charge in [-0.05, 0) is 15.9 Å². The Labute approximate surface area is 155 Å². The van der Waals surface area contributed by atoms with Crippen molar-refractivity contribution in [1.82, 2.24) is 0 Å². The van der Waals surface area contributed by atoms with Gasteiger partial charge in [-0.15, -0.1) is 0 Å². The fraction of sp³-hybridized carbons (Fsp3) is 0.136. The average molecular weight is 366 g/mol. The van der Waals surface area contributed by atoms with Crippen molar-refractivity contribution in [3.63, 3.8) is 0 Å². The summed E-state index contributed by atoms with van der Waals surface area (Å²) >= 11 is 0. The number of benzene rings is 3. The van der Waals surface area contributed by atoms with Crippen LogP contribution >= 0.6 is 6.89 Å². The summed E-state index contributed by atoms with van der Waals surface area (Å²) in [7, 11) is 3.13. The SMILES string of the molecule is COC(OC)OC=P(c1ccccc1)(c1ccccc1)c1ccccc1. The first-order chi connectivity index (χ1) is 12.8. The Hall–Kier alpha value is -2.16. The van der Waals surface area contributed by atoms with Crippen LogP contribution in [0.4, 0.5) is 0 Å². The predicted molar refractivity (Wildman–Crippen MR) is 110 cm³/mol. The average Bonchev–Trinajstić information content (AvgIpc) is 2.74. The molecule has 26 heavy (non-hydrogen) atoms. The summed E-state index contributed by atoms with van der Waals surface area (Å²) in [6.45, 7) is -2.89. The van der Waals surface area contributed by atoms with Gasteiger partial charge in [0.05, 0.1) is 5.98 Å². The molecule has 0 spiro atoms. The Morgan fingerprint density at radius 3 is 1.27 bits per heavy atom. The van der Waals surface area contributed by atoms with Crippen LogP contribution in [0.25, 0.3) is 0 Å². The minimum Gasteiger partial charge on any atom is -0.333 e. The molecule has 3 aromatic rings.